The average molecular weight is 341 g/mol. The van der Waals surface area contributed by atoms with Crippen molar-refractivity contribution in [2.75, 3.05) is 0 Å². The number of benzene rings is 3. The van der Waals surface area contributed by atoms with Crippen molar-refractivity contribution in [3.8, 4) is 5.75 Å². The molecule has 1 N–H and O–H groups in total. The van der Waals surface area contributed by atoms with Crippen molar-refractivity contribution in [1.29, 1.82) is 0 Å². The van der Waals surface area contributed by atoms with Crippen LogP contribution >= 0.6 is 0 Å². The second-order valence-electron chi connectivity index (χ2n) is 6.27. The van der Waals surface area contributed by atoms with Crippen LogP contribution < -0.4 is 4.74 Å². The van der Waals surface area contributed by atoms with Crippen LogP contribution in [0.4, 0.5) is 0 Å². The predicted molar refractivity (Wildman–Crippen MR) is 104 cm³/mol. The quantitative estimate of drug-likeness (QED) is 0.501. The molecule has 1 aromatic heterocycles. The summed E-state index contributed by atoms with van der Waals surface area (Å²) in [6.45, 7) is 2.41. The molecular weight excluding hydrogens is 322 g/mol. The monoisotopic (exact) mass is 341 g/mol. The number of para-hydroxylation sites is 1. The number of ketones is 1. The molecule has 0 aliphatic carbocycles. The van der Waals surface area contributed by atoms with Crippen LogP contribution in [0.25, 0.3) is 10.9 Å². The molecule has 3 heteroatoms. The molecule has 0 spiro atoms. The number of hydrogen-bond donors (Lipinski definition) is 1. The van der Waals surface area contributed by atoms with Crippen molar-refractivity contribution < 1.29 is 9.53 Å². The molecule has 0 aliphatic rings. The molecule has 26 heavy (non-hydrogen) atoms. The van der Waals surface area contributed by atoms with E-state index < -0.39 is 0 Å². The van der Waals surface area contributed by atoms with Gasteiger partial charge in [0.2, 0.25) is 0 Å². The third kappa shape index (κ3) is 3.00. The van der Waals surface area contributed by atoms with Gasteiger partial charge < -0.3 is 9.72 Å². The minimum absolute atomic E-state index is 0.0227. The molecule has 3 aromatic carbocycles. The standard InChI is InChI=1S/C23H19NO2/c1-16-21(23(25)18-11-6-3-7-12-18)19-13-8-14-20(22(19)24-16)26-15-17-9-4-2-5-10-17/h2-14,24H,15H2,1H3. The summed E-state index contributed by atoms with van der Waals surface area (Å²) in [5.74, 6) is 0.774. The van der Waals surface area contributed by atoms with E-state index in [1.807, 2.05) is 85.8 Å². The number of hydrogen-bond acceptors (Lipinski definition) is 2. The minimum atomic E-state index is 0.0227. The first-order valence-corrected chi connectivity index (χ1v) is 8.62. The van der Waals surface area contributed by atoms with E-state index in [-0.39, 0.29) is 5.78 Å². The number of nitrogens with one attached hydrogen (secondary N) is 1. The maximum absolute atomic E-state index is 13.0. The maximum atomic E-state index is 13.0. The molecule has 4 aromatic rings. The molecule has 0 bridgehead atoms. The molecule has 3 nitrogen and oxygen atoms in total. The van der Waals surface area contributed by atoms with Gasteiger partial charge in [-0.3, -0.25) is 4.79 Å². The lowest BCUT2D eigenvalue weighted by atomic mass is 10.0. The van der Waals surface area contributed by atoms with Gasteiger partial charge in [-0.15, -0.1) is 0 Å². The van der Waals surface area contributed by atoms with Gasteiger partial charge >= 0.3 is 0 Å². The van der Waals surface area contributed by atoms with Crippen molar-refractivity contribution in [3.63, 3.8) is 0 Å². The summed E-state index contributed by atoms with van der Waals surface area (Å²) in [5.41, 5.74) is 4.21. The number of aromatic nitrogens is 1. The summed E-state index contributed by atoms with van der Waals surface area (Å²) >= 11 is 0. The third-order valence-electron chi connectivity index (χ3n) is 4.48. The van der Waals surface area contributed by atoms with Gasteiger partial charge in [0.25, 0.3) is 0 Å². The van der Waals surface area contributed by atoms with Gasteiger partial charge in [-0.25, -0.2) is 0 Å². The molecule has 0 radical (unpaired) electrons. The SMILES string of the molecule is Cc1[nH]c2c(OCc3ccccc3)cccc2c1C(=O)c1ccccc1. The topological polar surface area (TPSA) is 42.1 Å². The highest BCUT2D eigenvalue weighted by Gasteiger charge is 2.19. The highest BCUT2D eigenvalue weighted by molar-refractivity contribution is 6.17. The minimum Gasteiger partial charge on any atom is -0.487 e. The second-order valence-corrected chi connectivity index (χ2v) is 6.27. The molecule has 0 aliphatic heterocycles. The number of rotatable bonds is 5. The van der Waals surface area contributed by atoms with Gasteiger partial charge in [0.1, 0.15) is 12.4 Å². The van der Waals surface area contributed by atoms with E-state index in [0.29, 0.717) is 17.7 Å². The number of ether oxygens (including phenoxy) is 1. The summed E-state index contributed by atoms with van der Waals surface area (Å²) in [4.78, 5) is 16.3. The van der Waals surface area contributed by atoms with E-state index in [1.54, 1.807) is 0 Å². The Hall–Kier alpha value is -3.33. The molecule has 0 amide bonds. The predicted octanol–water partition coefficient (Wildman–Crippen LogP) is 5.29. The van der Waals surface area contributed by atoms with Crippen molar-refractivity contribution in [2.45, 2.75) is 13.5 Å². The Morgan fingerprint density at radius 1 is 0.885 bits per heavy atom. The third-order valence-corrected chi connectivity index (χ3v) is 4.48. The van der Waals surface area contributed by atoms with Crippen LogP contribution in [0.2, 0.25) is 0 Å². The first kappa shape index (κ1) is 16.2. The number of aryl methyl sites for hydroxylation is 1. The Kier molecular flexibility index (Phi) is 4.28. The van der Waals surface area contributed by atoms with Crippen LogP contribution in [-0.2, 0) is 6.61 Å². The lowest BCUT2D eigenvalue weighted by Crippen LogP contribution is -2.02. The highest BCUT2D eigenvalue weighted by atomic mass is 16.5. The largest absolute Gasteiger partial charge is 0.487 e. The van der Waals surface area contributed by atoms with Crippen LogP contribution in [0, 0.1) is 6.92 Å². The number of aromatic amines is 1. The van der Waals surface area contributed by atoms with Gasteiger partial charge in [-0.05, 0) is 18.6 Å². The van der Waals surface area contributed by atoms with Gasteiger partial charge in [0.15, 0.2) is 5.78 Å². The zero-order chi connectivity index (χ0) is 17.9. The molecule has 128 valence electrons. The molecule has 1 heterocycles. The summed E-state index contributed by atoms with van der Waals surface area (Å²) in [7, 11) is 0. The average Bonchev–Trinajstić information content (AvgIpc) is 3.03. The van der Waals surface area contributed by atoms with E-state index in [2.05, 4.69) is 4.98 Å². The Morgan fingerprint density at radius 2 is 1.58 bits per heavy atom. The fraction of sp³-hybridized carbons (Fsp3) is 0.0870. The zero-order valence-electron chi connectivity index (χ0n) is 14.5. The van der Waals surface area contributed by atoms with E-state index in [9.17, 15) is 4.79 Å². The van der Waals surface area contributed by atoms with Crippen molar-refractivity contribution in [2.24, 2.45) is 0 Å². The zero-order valence-corrected chi connectivity index (χ0v) is 14.5. The molecule has 0 unspecified atom stereocenters. The Bertz CT molecular complexity index is 1050. The van der Waals surface area contributed by atoms with Crippen LogP contribution in [0.1, 0.15) is 27.2 Å². The maximum Gasteiger partial charge on any atom is 0.195 e. The molecule has 0 atom stereocenters. The Morgan fingerprint density at radius 3 is 2.31 bits per heavy atom. The lowest BCUT2D eigenvalue weighted by Gasteiger charge is -2.07. The first-order chi connectivity index (χ1) is 12.7. The second kappa shape index (κ2) is 6.89. The van der Waals surface area contributed by atoms with Crippen molar-refractivity contribution in [1.82, 2.24) is 4.98 Å². The van der Waals surface area contributed by atoms with Crippen molar-refractivity contribution >= 4 is 16.7 Å². The van der Waals surface area contributed by atoms with Crippen LogP contribution in [0.3, 0.4) is 0 Å². The normalized spacial score (nSPS) is 10.8. The number of H-pyrrole nitrogens is 1. The van der Waals surface area contributed by atoms with E-state index in [0.717, 1.165) is 27.9 Å². The summed E-state index contributed by atoms with van der Waals surface area (Å²) in [5, 5.41) is 0.891. The van der Waals surface area contributed by atoms with Crippen molar-refractivity contribution in [3.05, 3.63) is 101 Å². The van der Waals surface area contributed by atoms with Gasteiger partial charge in [-0.1, -0.05) is 72.8 Å². The smallest absolute Gasteiger partial charge is 0.195 e. The highest BCUT2D eigenvalue weighted by Crippen LogP contribution is 2.31. The van der Waals surface area contributed by atoms with Crippen LogP contribution in [0.15, 0.2) is 78.9 Å². The van der Waals surface area contributed by atoms with Gasteiger partial charge in [0, 0.05) is 16.6 Å². The lowest BCUT2D eigenvalue weighted by molar-refractivity contribution is 0.104. The molecular formula is C23H19NO2. The Labute approximate surface area is 152 Å². The fourth-order valence-corrected chi connectivity index (χ4v) is 3.20. The van der Waals surface area contributed by atoms with E-state index in [4.69, 9.17) is 4.74 Å². The van der Waals surface area contributed by atoms with E-state index in [1.165, 1.54) is 0 Å². The van der Waals surface area contributed by atoms with Crippen LogP contribution in [-0.4, -0.2) is 10.8 Å². The van der Waals surface area contributed by atoms with E-state index >= 15 is 0 Å². The summed E-state index contributed by atoms with van der Waals surface area (Å²) in [6, 6.07) is 25.2. The number of fused-ring (bicyclic) bond motifs is 1. The molecule has 4 rings (SSSR count). The van der Waals surface area contributed by atoms with Crippen LogP contribution in [0.5, 0.6) is 5.75 Å². The number of carbonyl (C=O) groups excluding carboxylic acids is 1. The summed E-state index contributed by atoms with van der Waals surface area (Å²) in [6.07, 6.45) is 0. The van der Waals surface area contributed by atoms with Gasteiger partial charge in [-0.2, -0.15) is 0 Å². The Balaban J connectivity index is 1.71. The molecule has 0 fully saturated rings. The first-order valence-electron chi connectivity index (χ1n) is 8.62. The summed E-state index contributed by atoms with van der Waals surface area (Å²) < 4.78 is 6.02. The molecule has 0 saturated carbocycles. The molecule has 0 saturated heterocycles. The number of carbonyl (C=O) groups is 1. The fourth-order valence-electron chi connectivity index (χ4n) is 3.20. The van der Waals surface area contributed by atoms with Gasteiger partial charge in [0.05, 0.1) is 11.1 Å².